The standard InChI is InChI=1S/C12H9BrO2/c1-15-11-5-3-9-6-8(7-14)2-4-10(9)12(11)13/h2-7H,1H3. The lowest BCUT2D eigenvalue weighted by atomic mass is 10.1. The number of methoxy groups -OCH3 is 1. The molecule has 0 radical (unpaired) electrons. The molecule has 0 saturated heterocycles. The van der Waals surface area contributed by atoms with Gasteiger partial charge in [0, 0.05) is 5.56 Å². The van der Waals surface area contributed by atoms with Gasteiger partial charge in [-0.25, -0.2) is 0 Å². The molecule has 0 aliphatic rings. The van der Waals surface area contributed by atoms with Gasteiger partial charge in [-0.3, -0.25) is 4.79 Å². The van der Waals surface area contributed by atoms with Crippen LogP contribution in [0.4, 0.5) is 0 Å². The third-order valence-corrected chi connectivity index (χ3v) is 3.12. The highest BCUT2D eigenvalue weighted by molar-refractivity contribution is 9.10. The molecule has 0 saturated carbocycles. The second-order valence-corrected chi connectivity index (χ2v) is 3.97. The largest absolute Gasteiger partial charge is 0.496 e. The number of benzene rings is 2. The van der Waals surface area contributed by atoms with Crippen molar-refractivity contribution in [1.29, 1.82) is 0 Å². The molecule has 0 spiro atoms. The summed E-state index contributed by atoms with van der Waals surface area (Å²) in [7, 11) is 1.63. The van der Waals surface area contributed by atoms with Gasteiger partial charge in [0.15, 0.2) is 0 Å². The van der Waals surface area contributed by atoms with Crippen LogP contribution in [0.3, 0.4) is 0 Å². The third kappa shape index (κ3) is 1.75. The number of ether oxygens (including phenoxy) is 1. The van der Waals surface area contributed by atoms with Crippen molar-refractivity contribution in [1.82, 2.24) is 0 Å². The fourth-order valence-electron chi connectivity index (χ4n) is 1.52. The fraction of sp³-hybridized carbons (Fsp3) is 0.0833. The maximum Gasteiger partial charge on any atom is 0.150 e. The Bertz CT molecular complexity index is 520. The van der Waals surface area contributed by atoms with Crippen LogP contribution >= 0.6 is 15.9 Å². The van der Waals surface area contributed by atoms with E-state index in [0.29, 0.717) is 5.56 Å². The molecule has 0 atom stereocenters. The molecule has 76 valence electrons. The van der Waals surface area contributed by atoms with Crippen molar-refractivity contribution in [2.45, 2.75) is 0 Å². The van der Waals surface area contributed by atoms with Gasteiger partial charge in [0.2, 0.25) is 0 Å². The van der Waals surface area contributed by atoms with Gasteiger partial charge < -0.3 is 4.74 Å². The van der Waals surface area contributed by atoms with Crippen molar-refractivity contribution < 1.29 is 9.53 Å². The van der Waals surface area contributed by atoms with Crippen LogP contribution < -0.4 is 4.74 Å². The topological polar surface area (TPSA) is 26.3 Å². The minimum atomic E-state index is 0.680. The summed E-state index contributed by atoms with van der Waals surface area (Å²) in [6.07, 6.45) is 0.845. The average molecular weight is 265 g/mol. The summed E-state index contributed by atoms with van der Waals surface area (Å²) >= 11 is 3.48. The fourth-order valence-corrected chi connectivity index (χ4v) is 2.18. The zero-order chi connectivity index (χ0) is 10.8. The van der Waals surface area contributed by atoms with Gasteiger partial charge in [0.05, 0.1) is 11.6 Å². The number of carbonyl (C=O) groups excluding carboxylic acids is 1. The monoisotopic (exact) mass is 264 g/mol. The summed E-state index contributed by atoms with van der Waals surface area (Å²) in [4.78, 5) is 10.6. The molecule has 2 aromatic carbocycles. The van der Waals surface area contributed by atoms with E-state index in [4.69, 9.17) is 4.74 Å². The Balaban J connectivity index is 2.73. The number of fused-ring (bicyclic) bond motifs is 1. The van der Waals surface area contributed by atoms with Crippen LogP contribution in [0.15, 0.2) is 34.8 Å². The van der Waals surface area contributed by atoms with Crippen molar-refractivity contribution in [2.75, 3.05) is 7.11 Å². The first-order chi connectivity index (χ1) is 7.26. The van der Waals surface area contributed by atoms with E-state index in [9.17, 15) is 4.79 Å². The van der Waals surface area contributed by atoms with E-state index in [0.717, 1.165) is 27.3 Å². The molecule has 3 heteroatoms. The maximum absolute atomic E-state index is 10.6. The molecule has 2 aromatic rings. The number of halogens is 1. The first kappa shape index (κ1) is 10.2. The van der Waals surface area contributed by atoms with Crippen LogP contribution in [0, 0.1) is 0 Å². The van der Waals surface area contributed by atoms with E-state index in [1.807, 2.05) is 24.3 Å². The number of aldehydes is 1. The van der Waals surface area contributed by atoms with Gasteiger partial charge in [-0.2, -0.15) is 0 Å². The summed E-state index contributed by atoms with van der Waals surface area (Å²) in [6.45, 7) is 0. The van der Waals surface area contributed by atoms with E-state index in [2.05, 4.69) is 15.9 Å². The van der Waals surface area contributed by atoms with Crippen molar-refractivity contribution >= 4 is 33.0 Å². The smallest absolute Gasteiger partial charge is 0.150 e. The van der Waals surface area contributed by atoms with Gasteiger partial charge in [-0.15, -0.1) is 0 Å². The van der Waals surface area contributed by atoms with Crippen molar-refractivity contribution in [3.05, 3.63) is 40.4 Å². The molecule has 15 heavy (non-hydrogen) atoms. The minimum Gasteiger partial charge on any atom is -0.496 e. The van der Waals surface area contributed by atoms with Gasteiger partial charge >= 0.3 is 0 Å². The molecule has 0 fully saturated rings. The predicted octanol–water partition coefficient (Wildman–Crippen LogP) is 3.42. The lowest BCUT2D eigenvalue weighted by molar-refractivity contribution is 0.112. The Morgan fingerprint density at radius 2 is 2.07 bits per heavy atom. The van der Waals surface area contributed by atoms with Crippen molar-refractivity contribution in [3.8, 4) is 5.75 Å². The number of rotatable bonds is 2. The molecule has 0 unspecified atom stereocenters. The first-order valence-electron chi connectivity index (χ1n) is 4.47. The van der Waals surface area contributed by atoms with E-state index in [1.54, 1.807) is 13.2 Å². The average Bonchev–Trinajstić information content (AvgIpc) is 2.29. The van der Waals surface area contributed by atoms with E-state index < -0.39 is 0 Å². The van der Waals surface area contributed by atoms with E-state index in [-0.39, 0.29) is 0 Å². The Kier molecular flexibility index (Phi) is 2.73. The zero-order valence-corrected chi connectivity index (χ0v) is 9.74. The number of hydrogen-bond acceptors (Lipinski definition) is 2. The Labute approximate surface area is 96.0 Å². The van der Waals surface area contributed by atoms with Gasteiger partial charge in [-0.05, 0) is 38.8 Å². The second-order valence-electron chi connectivity index (χ2n) is 3.18. The molecule has 2 rings (SSSR count). The molecule has 0 bridgehead atoms. The molecular weight excluding hydrogens is 256 g/mol. The molecule has 0 aliphatic carbocycles. The van der Waals surface area contributed by atoms with Gasteiger partial charge in [-0.1, -0.05) is 18.2 Å². The molecular formula is C12H9BrO2. The molecule has 0 amide bonds. The van der Waals surface area contributed by atoms with Crippen LogP contribution in [-0.2, 0) is 0 Å². The highest BCUT2D eigenvalue weighted by atomic mass is 79.9. The van der Waals surface area contributed by atoms with Crippen LogP contribution in [-0.4, -0.2) is 13.4 Å². The summed E-state index contributed by atoms with van der Waals surface area (Å²) in [5, 5.41) is 2.06. The van der Waals surface area contributed by atoms with Crippen molar-refractivity contribution in [2.24, 2.45) is 0 Å². The Morgan fingerprint density at radius 1 is 1.27 bits per heavy atom. The highest BCUT2D eigenvalue weighted by Crippen LogP contribution is 2.33. The highest BCUT2D eigenvalue weighted by Gasteiger charge is 2.05. The van der Waals surface area contributed by atoms with Gasteiger partial charge in [0.1, 0.15) is 12.0 Å². The Morgan fingerprint density at radius 3 is 2.73 bits per heavy atom. The number of hydrogen-bond donors (Lipinski definition) is 0. The first-order valence-corrected chi connectivity index (χ1v) is 5.27. The zero-order valence-electron chi connectivity index (χ0n) is 8.16. The van der Waals surface area contributed by atoms with Crippen molar-refractivity contribution in [3.63, 3.8) is 0 Å². The normalized spacial score (nSPS) is 10.3. The van der Waals surface area contributed by atoms with Crippen LogP contribution in [0.2, 0.25) is 0 Å². The summed E-state index contributed by atoms with van der Waals surface area (Å²) in [6, 6.07) is 9.37. The molecule has 2 nitrogen and oxygen atoms in total. The molecule has 0 N–H and O–H groups in total. The lowest BCUT2D eigenvalue weighted by Crippen LogP contribution is -1.86. The van der Waals surface area contributed by atoms with E-state index >= 15 is 0 Å². The molecule has 0 aromatic heterocycles. The summed E-state index contributed by atoms with van der Waals surface area (Å²) < 4.78 is 6.11. The second kappa shape index (κ2) is 4.03. The third-order valence-electron chi connectivity index (χ3n) is 2.30. The maximum atomic E-state index is 10.6. The van der Waals surface area contributed by atoms with E-state index in [1.165, 1.54) is 0 Å². The van der Waals surface area contributed by atoms with Crippen LogP contribution in [0.25, 0.3) is 10.8 Å². The predicted molar refractivity (Wildman–Crippen MR) is 63.6 cm³/mol. The summed E-state index contributed by atoms with van der Waals surface area (Å²) in [5.41, 5.74) is 0.680. The van der Waals surface area contributed by atoms with Gasteiger partial charge in [0.25, 0.3) is 0 Å². The number of carbonyl (C=O) groups is 1. The summed E-state index contributed by atoms with van der Waals surface area (Å²) in [5.74, 6) is 0.793. The van der Waals surface area contributed by atoms with Crippen LogP contribution in [0.1, 0.15) is 10.4 Å². The Hall–Kier alpha value is -1.35. The quantitative estimate of drug-likeness (QED) is 0.777. The SMILES string of the molecule is COc1ccc2cc(C=O)ccc2c1Br. The van der Waals surface area contributed by atoms with Crippen LogP contribution in [0.5, 0.6) is 5.75 Å². The minimum absolute atomic E-state index is 0.680. The lowest BCUT2D eigenvalue weighted by Gasteiger charge is -2.06. The molecule has 0 aliphatic heterocycles. The molecule has 0 heterocycles.